The maximum Gasteiger partial charge on any atom is 0.339 e. The van der Waals surface area contributed by atoms with Crippen molar-refractivity contribution in [3.63, 3.8) is 0 Å². The number of hydrogen-bond acceptors (Lipinski definition) is 5. The summed E-state index contributed by atoms with van der Waals surface area (Å²) in [6.07, 6.45) is 9.09. The van der Waals surface area contributed by atoms with Crippen LogP contribution < -0.4 is 9.64 Å². The summed E-state index contributed by atoms with van der Waals surface area (Å²) >= 11 is 0. The number of allylic oxidation sites excluding steroid dienone is 1. The summed E-state index contributed by atoms with van der Waals surface area (Å²) in [6, 6.07) is 9.09. The lowest BCUT2D eigenvalue weighted by Gasteiger charge is -2.68. The first-order valence-corrected chi connectivity index (χ1v) is 14.5. The third-order valence-electron chi connectivity index (χ3n) is 9.74. The first-order valence-electron chi connectivity index (χ1n) is 14.5. The van der Waals surface area contributed by atoms with E-state index in [1.54, 1.807) is 23.4 Å². The van der Waals surface area contributed by atoms with Crippen molar-refractivity contribution >= 4 is 22.7 Å². The van der Waals surface area contributed by atoms with Crippen LogP contribution in [0, 0.1) is 10.8 Å². The van der Waals surface area contributed by atoms with Gasteiger partial charge in [-0.15, -0.1) is 0 Å². The van der Waals surface area contributed by atoms with Gasteiger partial charge in [0.2, 0.25) is 0 Å². The van der Waals surface area contributed by atoms with Crippen LogP contribution in [0.1, 0.15) is 62.7 Å². The molecule has 2 bridgehead atoms. The number of carboxylic acids is 1. The van der Waals surface area contributed by atoms with Gasteiger partial charge in [0.05, 0.1) is 6.20 Å². The number of aromatic amines is 1. The number of H-pyrrole nitrogens is 1. The molecule has 3 heterocycles. The highest BCUT2D eigenvalue weighted by atomic mass is 19.1. The van der Waals surface area contributed by atoms with E-state index >= 15 is 0 Å². The van der Waals surface area contributed by atoms with Gasteiger partial charge in [-0.25, -0.2) is 14.2 Å². The van der Waals surface area contributed by atoms with Crippen molar-refractivity contribution in [3.8, 4) is 11.5 Å². The van der Waals surface area contributed by atoms with Gasteiger partial charge in [0.1, 0.15) is 28.4 Å². The normalized spacial score (nSPS) is 27.8. The number of benzene rings is 1. The summed E-state index contributed by atoms with van der Waals surface area (Å²) in [5, 5.41) is 10.7. The summed E-state index contributed by atoms with van der Waals surface area (Å²) in [5.74, 6) is -0.212. The molecule has 3 saturated carbocycles. The highest BCUT2D eigenvalue weighted by Crippen LogP contribution is 2.74. The Kier molecular flexibility index (Phi) is 5.79. The number of fused-ring (bicyclic) bond motifs is 1. The molecule has 2 N–H and O–H groups in total. The van der Waals surface area contributed by atoms with Crippen molar-refractivity contribution in [1.82, 2.24) is 14.9 Å². The molecule has 0 atom stereocenters. The van der Waals surface area contributed by atoms with Gasteiger partial charge in [0.25, 0.3) is 0 Å². The largest absolute Gasteiger partial charge is 0.478 e. The SMILES string of the molecule is CC1(C)CCC(CN2CCN(c3ccc(C(=O)O)c(Oc4cnc5[nH]ccc5c4)c3)CC2)=C(C23CC(F)(C2)C3)C1. The second-order valence-corrected chi connectivity index (χ2v) is 13.3. The van der Waals surface area contributed by atoms with Gasteiger partial charge < -0.3 is 19.7 Å². The van der Waals surface area contributed by atoms with E-state index in [0.717, 1.165) is 81.5 Å². The van der Waals surface area contributed by atoms with Crippen LogP contribution in [-0.4, -0.2) is 64.3 Å². The van der Waals surface area contributed by atoms with Crippen molar-refractivity contribution in [2.75, 3.05) is 37.6 Å². The molecule has 4 fully saturated rings. The average molecular weight is 545 g/mol. The fourth-order valence-corrected chi connectivity index (χ4v) is 7.56. The van der Waals surface area contributed by atoms with E-state index in [1.807, 2.05) is 30.5 Å². The molecule has 4 aliphatic carbocycles. The molecule has 5 aliphatic rings. The topological polar surface area (TPSA) is 81.7 Å². The molecule has 1 aliphatic heterocycles. The molecule has 40 heavy (non-hydrogen) atoms. The van der Waals surface area contributed by atoms with Crippen LogP contribution in [-0.2, 0) is 0 Å². The fourth-order valence-electron chi connectivity index (χ4n) is 7.56. The van der Waals surface area contributed by atoms with E-state index in [0.29, 0.717) is 16.9 Å². The molecule has 8 rings (SSSR count). The van der Waals surface area contributed by atoms with Crippen molar-refractivity contribution in [2.24, 2.45) is 10.8 Å². The van der Waals surface area contributed by atoms with Gasteiger partial charge >= 0.3 is 5.97 Å². The number of hydrogen-bond donors (Lipinski definition) is 2. The number of alkyl halides is 1. The number of aromatic carboxylic acids is 1. The molecule has 210 valence electrons. The van der Waals surface area contributed by atoms with Crippen LogP contribution in [0.25, 0.3) is 11.0 Å². The van der Waals surface area contributed by atoms with Gasteiger partial charge in [-0.3, -0.25) is 4.90 Å². The minimum absolute atomic E-state index is 0.125. The van der Waals surface area contributed by atoms with E-state index in [2.05, 4.69) is 33.6 Å². The zero-order valence-electron chi connectivity index (χ0n) is 23.3. The first-order chi connectivity index (χ1) is 19.1. The summed E-state index contributed by atoms with van der Waals surface area (Å²) in [5.41, 5.74) is 4.60. The predicted molar refractivity (Wildman–Crippen MR) is 153 cm³/mol. The molecular formula is C32H37FN4O3. The number of halogens is 1. The number of anilines is 1. The van der Waals surface area contributed by atoms with Crippen LogP contribution >= 0.6 is 0 Å². The predicted octanol–water partition coefficient (Wildman–Crippen LogP) is 6.57. The Morgan fingerprint density at radius 1 is 1.12 bits per heavy atom. The van der Waals surface area contributed by atoms with Crippen LogP contribution in [0.4, 0.5) is 10.1 Å². The van der Waals surface area contributed by atoms with Gasteiger partial charge in [-0.05, 0) is 68.2 Å². The Bertz CT molecular complexity index is 1500. The van der Waals surface area contributed by atoms with Crippen LogP contribution in [0.3, 0.4) is 0 Å². The molecule has 1 aromatic carbocycles. The number of carbonyl (C=O) groups is 1. The Morgan fingerprint density at radius 2 is 1.90 bits per heavy atom. The Balaban J connectivity index is 1.05. The Hall–Kier alpha value is -3.39. The third kappa shape index (κ3) is 4.46. The lowest BCUT2D eigenvalue weighted by atomic mass is 9.38. The highest BCUT2D eigenvalue weighted by Gasteiger charge is 2.70. The number of nitrogens with zero attached hydrogens (tertiary/aromatic N) is 3. The highest BCUT2D eigenvalue weighted by molar-refractivity contribution is 5.92. The van der Waals surface area contributed by atoms with Gasteiger partial charge in [-0.1, -0.05) is 25.0 Å². The van der Waals surface area contributed by atoms with Crippen molar-refractivity contribution in [2.45, 2.75) is 58.0 Å². The molecule has 0 spiro atoms. The van der Waals surface area contributed by atoms with Crippen molar-refractivity contribution < 1.29 is 19.0 Å². The minimum atomic E-state index is -1.02. The molecular weight excluding hydrogens is 507 g/mol. The van der Waals surface area contributed by atoms with E-state index in [9.17, 15) is 14.3 Å². The number of aromatic nitrogens is 2. The van der Waals surface area contributed by atoms with E-state index in [1.165, 1.54) is 6.42 Å². The zero-order valence-corrected chi connectivity index (χ0v) is 23.3. The van der Waals surface area contributed by atoms with Gasteiger partial charge in [-0.2, -0.15) is 0 Å². The molecule has 0 unspecified atom stereocenters. The maximum atomic E-state index is 14.4. The molecule has 0 radical (unpaired) electrons. The number of pyridine rings is 1. The average Bonchev–Trinajstić information content (AvgIpc) is 3.35. The van der Waals surface area contributed by atoms with E-state index < -0.39 is 11.6 Å². The lowest BCUT2D eigenvalue weighted by Crippen LogP contribution is -2.65. The lowest BCUT2D eigenvalue weighted by molar-refractivity contribution is -0.193. The van der Waals surface area contributed by atoms with Gasteiger partial charge in [0, 0.05) is 61.5 Å². The summed E-state index contributed by atoms with van der Waals surface area (Å²) in [6.45, 7) is 9.30. The molecule has 2 aromatic heterocycles. The summed E-state index contributed by atoms with van der Waals surface area (Å²) < 4.78 is 20.5. The standard InChI is InChI=1S/C32H37FN4O3/c1-30(2)7-5-22(26(15-30)31-18-32(33,19-31)20-31)17-36-9-11-37(12-10-36)23-3-4-25(29(38)39)27(14-23)40-24-13-21-6-8-34-28(21)35-16-24/h3-4,6,8,13-14,16H,5,7,9-12,15,17-20H2,1-2H3,(H,34,35)(H,38,39). The minimum Gasteiger partial charge on any atom is -0.478 e. The smallest absolute Gasteiger partial charge is 0.339 e. The van der Waals surface area contributed by atoms with Crippen molar-refractivity contribution in [1.29, 1.82) is 0 Å². The van der Waals surface area contributed by atoms with Crippen LogP contribution in [0.5, 0.6) is 11.5 Å². The number of ether oxygens (including phenoxy) is 1. The van der Waals surface area contributed by atoms with E-state index in [4.69, 9.17) is 4.74 Å². The number of piperazine rings is 1. The molecule has 8 heteroatoms. The second kappa shape index (κ2) is 9.06. The van der Waals surface area contributed by atoms with Gasteiger partial charge in [0.15, 0.2) is 0 Å². The quantitative estimate of drug-likeness (QED) is 0.327. The Morgan fingerprint density at radius 3 is 2.62 bits per heavy atom. The molecule has 7 nitrogen and oxygen atoms in total. The van der Waals surface area contributed by atoms with Crippen LogP contribution in [0.15, 0.2) is 53.9 Å². The summed E-state index contributed by atoms with van der Waals surface area (Å²) in [4.78, 5) is 24.2. The Labute approximate surface area is 234 Å². The van der Waals surface area contributed by atoms with Crippen LogP contribution in [0.2, 0.25) is 0 Å². The second-order valence-electron chi connectivity index (χ2n) is 13.3. The molecule has 3 aromatic rings. The summed E-state index contributed by atoms with van der Waals surface area (Å²) in [7, 11) is 0. The molecule has 1 saturated heterocycles. The third-order valence-corrected chi connectivity index (χ3v) is 9.74. The first kappa shape index (κ1) is 25.6. The number of nitrogens with one attached hydrogen (secondary N) is 1. The van der Waals surface area contributed by atoms with E-state index in [-0.39, 0.29) is 11.0 Å². The zero-order chi connectivity index (χ0) is 27.7. The maximum absolute atomic E-state index is 14.4. The number of rotatable bonds is 7. The number of carboxylic acid groups (broad SMARTS) is 1. The van der Waals surface area contributed by atoms with Crippen molar-refractivity contribution in [3.05, 3.63) is 59.4 Å². The fraction of sp³-hybridized carbons (Fsp3) is 0.500. The molecule has 0 amide bonds. The monoisotopic (exact) mass is 544 g/mol.